The van der Waals surface area contributed by atoms with Gasteiger partial charge < -0.3 is 0 Å². The van der Waals surface area contributed by atoms with Crippen LogP contribution < -0.4 is 0 Å². The van der Waals surface area contributed by atoms with Gasteiger partial charge >= 0.3 is 37.9 Å². The molecule has 0 aliphatic carbocycles. The molecule has 0 amide bonds. The summed E-state index contributed by atoms with van der Waals surface area (Å²) in [5.74, 6) is 0. The van der Waals surface area contributed by atoms with E-state index in [0.717, 1.165) is 35.2 Å². The maximum absolute atomic E-state index is 4.93. The van der Waals surface area contributed by atoms with Crippen molar-refractivity contribution in [1.82, 2.24) is 0 Å². The second-order valence-electron chi connectivity index (χ2n) is 16.1. The molecule has 6 rings (SSSR count). The summed E-state index contributed by atoms with van der Waals surface area (Å²) in [6.45, 7) is 22.7. The van der Waals surface area contributed by atoms with E-state index in [1.54, 1.807) is 0 Å². The second-order valence-corrected chi connectivity index (χ2v) is 21.0. The van der Waals surface area contributed by atoms with Crippen LogP contribution in [0.25, 0.3) is 43.8 Å². The molecule has 0 nitrogen and oxygen atoms in total. The van der Waals surface area contributed by atoms with Gasteiger partial charge in [-0.2, -0.15) is 12.1 Å². The topological polar surface area (TPSA) is 0 Å². The molecule has 0 aliphatic rings. The Morgan fingerprint density at radius 2 is 0.942 bits per heavy atom. The minimum atomic E-state index is -0.826. The molecule has 0 spiro atoms. The van der Waals surface area contributed by atoms with E-state index in [0.29, 0.717) is 10.8 Å². The fourth-order valence-electron chi connectivity index (χ4n) is 6.62. The fourth-order valence-corrected chi connectivity index (χ4v) is 7.12. The molecule has 0 bridgehead atoms. The first-order valence-electron chi connectivity index (χ1n) is 18.9. The van der Waals surface area contributed by atoms with Gasteiger partial charge in [0.2, 0.25) is 0 Å². The van der Waals surface area contributed by atoms with Crippen molar-refractivity contribution in [3.63, 3.8) is 0 Å². The van der Waals surface area contributed by atoms with Gasteiger partial charge in [0.1, 0.15) is 0 Å². The Kier molecular flexibility index (Phi) is 18.4. The minimum absolute atomic E-state index is 0.327. The molecule has 0 unspecified atom stereocenters. The van der Waals surface area contributed by atoms with Crippen molar-refractivity contribution in [3.8, 4) is 22.3 Å². The number of hydrogen-bond acceptors (Lipinski definition) is 0. The standard InChI is InChI=1S/2C22H25.C4H10Si.2ClH.Zr/c2*1-5-16-9-11-18(12-10-16)20-8-6-7-19-13-17(14-21(19)20)15-22(2,3)4;1-3-4-5-2;;;/h2*6-14H,5,15H2,1-4H3;3-4H2,1-2H3;2*1H;/q2*-1;;;;+4/p-2. The van der Waals surface area contributed by atoms with E-state index in [-0.39, 0.29) is 0 Å². The van der Waals surface area contributed by atoms with Crippen LogP contribution in [0.1, 0.15) is 91.0 Å². The number of benzene rings is 4. The number of aryl methyl sites for hydroxylation is 2. The van der Waals surface area contributed by atoms with Crippen molar-refractivity contribution in [2.24, 2.45) is 10.8 Å². The fraction of sp³-hybridized carbons (Fsp3) is 0.375. The first-order valence-corrected chi connectivity index (χ1v) is 27.0. The molecule has 52 heavy (non-hydrogen) atoms. The van der Waals surface area contributed by atoms with Crippen molar-refractivity contribution >= 4 is 48.1 Å². The Labute approximate surface area is 338 Å². The molecule has 0 N–H and O–H groups in total. The van der Waals surface area contributed by atoms with E-state index in [2.05, 4.69) is 178 Å². The third-order valence-corrected chi connectivity index (χ3v) is 9.94. The van der Waals surface area contributed by atoms with Crippen LogP contribution in [0.3, 0.4) is 0 Å². The van der Waals surface area contributed by atoms with Crippen molar-refractivity contribution in [2.75, 3.05) is 0 Å². The molecule has 0 fully saturated rings. The Hall–Kier alpha value is -2.22. The molecule has 6 aromatic rings. The molecule has 274 valence electrons. The van der Waals surface area contributed by atoms with Gasteiger partial charge in [0.15, 0.2) is 0 Å². The Morgan fingerprint density at radius 3 is 1.21 bits per heavy atom. The number of rotatable bonds is 8. The molecule has 0 heterocycles. The zero-order valence-electron chi connectivity index (χ0n) is 33.4. The van der Waals surface area contributed by atoms with Gasteiger partial charge in [-0.05, 0) is 58.8 Å². The first-order chi connectivity index (χ1) is 24.7. The van der Waals surface area contributed by atoms with Crippen LogP contribution >= 0.6 is 17.0 Å². The van der Waals surface area contributed by atoms with E-state index in [1.807, 2.05) is 0 Å². The summed E-state index contributed by atoms with van der Waals surface area (Å²) in [5.41, 5.74) is 11.7. The predicted molar refractivity (Wildman–Crippen MR) is 233 cm³/mol. The van der Waals surface area contributed by atoms with Crippen LogP contribution in [0.5, 0.6) is 0 Å². The third-order valence-electron chi connectivity index (χ3n) is 8.94. The van der Waals surface area contributed by atoms with Gasteiger partial charge in [-0.15, -0.1) is 69.1 Å². The maximum atomic E-state index is 4.93. The van der Waals surface area contributed by atoms with Gasteiger partial charge in [-0.3, -0.25) is 0 Å². The Balaban J connectivity index is 0.000000233. The van der Waals surface area contributed by atoms with Gasteiger partial charge in [0, 0.05) is 9.52 Å². The van der Waals surface area contributed by atoms with Crippen LogP contribution in [0.4, 0.5) is 0 Å². The summed E-state index contributed by atoms with van der Waals surface area (Å²) in [5, 5.41) is 5.48. The molecule has 0 atom stereocenters. The quantitative estimate of drug-likeness (QED) is 0.106. The molecule has 0 aromatic heterocycles. The van der Waals surface area contributed by atoms with Crippen molar-refractivity contribution in [3.05, 3.63) is 131 Å². The van der Waals surface area contributed by atoms with Crippen molar-refractivity contribution in [1.29, 1.82) is 0 Å². The average Bonchev–Trinajstić information content (AvgIpc) is 3.70. The zero-order chi connectivity index (χ0) is 38.3. The molecule has 0 saturated carbocycles. The molecular formula is C48H60Cl2SiZr. The monoisotopic (exact) mass is 824 g/mol. The van der Waals surface area contributed by atoms with Crippen LogP contribution in [-0.2, 0) is 46.5 Å². The molecular weight excluding hydrogens is 767 g/mol. The first kappa shape index (κ1) is 44.2. The van der Waals surface area contributed by atoms with Crippen molar-refractivity contribution < 1.29 is 20.8 Å². The van der Waals surface area contributed by atoms with E-state index < -0.39 is 20.8 Å². The summed E-state index contributed by atoms with van der Waals surface area (Å²) in [7, 11) is 11.0. The van der Waals surface area contributed by atoms with Gasteiger partial charge in [-0.1, -0.05) is 153 Å². The molecule has 4 heteroatoms. The third kappa shape index (κ3) is 14.2. The van der Waals surface area contributed by atoms with Crippen LogP contribution in [0.2, 0.25) is 12.6 Å². The number of hydrogen-bond donors (Lipinski definition) is 0. The Bertz CT molecular complexity index is 1760. The summed E-state index contributed by atoms with van der Waals surface area (Å²) in [6, 6.07) is 42.1. The number of halogens is 2. The van der Waals surface area contributed by atoms with Gasteiger partial charge in [0.05, 0.1) is 0 Å². The van der Waals surface area contributed by atoms with Crippen molar-refractivity contribution in [2.45, 2.75) is 107 Å². The van der Waals surface area contributed by atoms with Crippen LogP contribution in [0.15, 0.2) is 109 Å². The molecule has 0 saturated heterocycles. The number of fused-ring (bicyclic) bond motifs is 2. The molecule has 2 radical (unpaired) electrons. The summed E-state index contributed by atoms with van der Waals surface area (Å²) < 4.78 is 0. The Morgan fingerprint density at radius 1 is 0.577 bits per heavy atom. The zero-order valence-corrected chi connectivity index (χ0v) is 38.4. The second kappa shape index (κ2) is 21.6. The summed E-state index contributed by atoms with van der Waals surface area (Å²) in [6.07, 6.45) is 5.79. The van der Waals surface area contributed by atoms with E-state index >= 15 is 0 Å². The van der Waals surface area contributed by atoms with Crippen LogP contribution in [-0.4, -0.2) is 9.52 Å². The van der Waals surface area contributed by atoms with Gasteiger partial charge in [0.25, 0.3) is 0 Å². The van der Waals surface area contributed by atoms with Gasteiger partial charge in [-0.25, -0.2) is 0 Å². The summed E-state index contributed by atoms with van der Waals surface area (Å²) in [4.78, 5) is 0. The average molecular weight is 827 g/mol. The van der Waals surface area contributed by atoms with E-state index in [4.69, 9.17) is 17.0 Å². The summed E-state index contributed by atoms with van der Waals surface area (Å²) >= 11 is -0.826. The molecule has 6 aromatic carbocycles. The molecule has 0 aliphatic heterocycles. The van der Waals surface area contributed by atoms with E-state index in [1.165, 1.54) is 78.5 Å². The SMILES string of the molecule is CCC[Si]C.CCc1ccc(-c2cccc3[cH-]c(CC(C)(C)C)cc23)cc1.CCc1ccc(-c2cccc3[cH-]c(CC(C)(C)C)cc23)cc1.[Cl][Zr+2][Cl]. The van der Waals surface area contributed by atoms with E-state index in [9.17, 15) is 0 Å². The normalized spacial score (nSPS) is 11.2. The van der Waals surface area contributed by atoms with Crippen LogP contribution in [0, 0.1) is 10.8 Å². The predicted octanol–water partition coefficient (Wildman–Crippen LogP) is 15.7.